The number of pyridine rings is 1. The van der Waals surface area contributed by atoms with Gasteiger partial charge < -0.3 is 10.1 Å². The number of ether oxygens (including phenoxy) is 1. The van der Waals surface area contributed by atoms with Gasteiger partial charge in [0.25, 0.3) is 5.91 Å². The van der Waals surface area contributed by atoms with Crippen LogP contribution in [0.15, 0.2) is 73.1 Å². The molecule has 1 atom stereocenters. The number of carbonyl (C=O) groups excluding carboxylic acids is 1. The average Bonchev–Trinajstić information content (AvgIpc) is 2.67. The van der Waals surface area contributed by atoms with Crippen LogP contribution in [-0.2, 0) is 6.61 Å². The molecule has 0 unspecified atom stereocenters. The number of amides is 1. The Kier molecular flexibility index (Phi) is 5.87. The van der Waals surface area contributed by atoms with Crippen molar-refractivity contribution < 1.29 is 9.53 Å². The maximum atomic E-state index is 12.7. The maximum Gasteiger partial charge on any atom is 0.255 e. The Hall–Kier alpha value is -2.85. The first-order chi connectivity index (χ1) is 12.6. The van der Waals surface area contributed by atoms with E-state index in [-0.39, 0.29) is 11.9 Å². The molecule has 1 aromatic heterocycles. The van der Waals surface area contributed by atoms with Gasteiger partial charge in [0, 0.05) is 17.4 Å². The third-order valence-corrected chi connectivity index (χ3v) is 4.34. The van der Waals surface area contributed by atoms with E-state index >= 15 is 0 Å². The lowest BCUT2D eigenvalue weighted by molar-refractivity contribution is 0.0935. The molecule has 26 heavy (non-hydrogen) atoms. The number of para-hydroxylation sites is 1. The fourth-order valence-corrected chi connectivity index (χ4v) is 2.90. The lowest BCUT2D eigenvalue weighted by atomic mass is 10.1. The minimum Gasteiger partial charge on any atom is -0.488 e. The maximum absolute atomic E-state index is 12.7. The largest absolute Gasteiger partial charge is 0.488 e. The molecule has 3 rings (SSSR count). The van der Waals surface area contributed by atoms with Crippen LogP contribution in [0.5, 0.6) is 5.75 Å². The fraction of sp³-hybridized carbons (Fsp3) is 0.143. The van der Waals surface area contributed by atoms with Gasteiger partial charge in [0.1, 0.15) is 12.4 Å². The lowest BCUT2D eigenvalue weighted by Gasteiger charge is -2.17. The predicted molar refractivity (Wildman–Crippen MR) is 102 cm³/mol. The standard InChI is InChI=1S/C21H19ClN2O2/c1-15(17-6-2-4-8-19(17)22)24-21(25)18-7-3-5-9-20(18)26-14-16-10-12-23-13-11-16/h2-13,15H,14H2,1H3,(H,24,25)/t15-/m0/s1. The molecule has 0 aliphatic rings. The lowest BCUT2D eigenvalue weighted by Crippen LogP contribution is -2.27. The van der Waals surface area contributed by atoms with E-state index in [2.05, 4.69) is 10.3 Å². The predicted octanol–water partition coefficient (Wildman–Crippen LogP) is 4.81. The number of rotatable bonds is 6. The molecule has 1 heterocycles. The van der Waals surface area contributed by atoms with Crippen molar-refractivity contribution in [1.29, 1.82) is 0 Å². The zero-order valence-corrected chi connectivity index (χ0v) is 15.1. The molecule has 0 spiro atoms. The highest BCUT2D eigenvalue weighted by Gasteiger charge is 2.17. The van der Waals surface area contributed by atoms with Gasteiger partial charge in [0.15, 0.2) is 0 Å². The third-order valence-electron chi connectivity index (χ3n) is 3.99. The van der Waals surface area contributed by atoms with Crippen molar-refractivity contribution >= 4 is 17.5 Å². The highest BCUT2D eigenvalue weighted by molar-refractivity contribution is 6.31. The SMILES string of the molecule is C[C@H](NC(=O)c1ccccc1OCc1ccncc1)c1ccccc1Cl. The summed E-state index contributed by atoms with van der Waals surface area (Å²) in [5, 5.41) is 3.61. The van der Waals surface area contributed by atoms with E-state index in [9.17, 15) is 4.79 Å². The quantitative estimate of drug-likeness (QED) is 0.681. The molecule has 0 aliphatic heterocycles. The zero-order valence-electron chi connectivity index (χ0n) is 14.4. The second kappa shape index (κ2) is 8.50. The number of carbonyl (C=O) groups is 1. The fourth-order valence-electron chi connectivity index (χ4n) is 2.60. The van der Waals surface area contributed by atoms with E-state index < -0.39 is 0 Å². The minimum absolute atomic E-state index is 0.206. The van der Waals surface area contributed by atoms with Crippen molar-refractivity contribution in [3.05, 3.63) is 94.8 Å². The van der Waals surface area contributed by atoms with E-state index in [1.165, 1.54) is 0 Å². The van der Waals surface area contributed by atoms with Gasteiger partial charge in [-0.2, -0.15) is 0 Å². The van der Waals surface area contributed by atoms with Gasteiger partial charge in [0.05, 0.1) is 11.6 Å². The summed E-state index contributed by atoms with van der Waals surface area (Å²) in [6, 6.07) is 18.2. The summed E-state index contributed by atoms with van der Waals surface area (Å²) in [4.78, 5) is 16.7. The molecule has 0 bridgehead atoms. The summed E-state index contributed by atoms with van der Waals surface area (Å²) in [6.45, 7) is 2.27. The van der Waals surface area contributed by atoms with Crippen LogP contribution in [-0.4, -0.2) is 10.9 Å². The Labute approximate surface area is 157 Å². The van der Waals surface area contributed by atoms with Crippen molar-refractivity contribution in [3.8, 4) is 5.75 Å². The second-order valence-corrected chi connectivity index (χ2v) is 6.26. The molecule has 1 amide bonds. The van der Waals surface area contributed by atoms with Crippen LogP contribution in [0, 0.1) is 0 Å². The van der Waals surface area contributed by atoms with Crippen molar-refractivity contribution in [2.24, 2.45) is 0 Å². The van der Waals surface area contributed by atoms with Gasteiger partial charge in [-0.15, -0.1) is 0 Å². The van der Waals surface area contributed by atoms with Crippen LogP contribution >= 0.6 is 11.6 Å². The number of halogens is 1. The third kappa shape index (κ3) is 4.41. The Morgan fingerprint density at radius 3 is 2.54 bits per heavy atom. The molecule has 0 aliphatic carbocycles. The summed E-state index contributed by atoms with van der Waals surface area (Å²) in [5.74, 6) is 0.330. The molecule has 5 heteroatoms. The van der Waals surface area contributed by atoms with Crippen LogP contribution < -0.4 is 10.1 Å². The van der Waals surface area contributed by atoms with E-state index in [0.29, 0.717) is 22.9 Å². The summed E-state index contributed by atoms with van der Waals surface area (Å²) < 4.78 is 5.84. The highest BCUT2D eigenvalue weighted by Crippen LogP contribution is 2.24. The van der Waals surface area contributed by atoms with Crippen LogP contribution in [0.3, 0.4) is 0 Å². The van der Waals surface area contributed by atoms with Crippen LogP contribution in [0.4, 0.5) is 0 Å². The molecule has 4 nitrogen and oxygen atoms in total. The monoisotopic (exact) mass is 366 g/mol. The topological polar surface area (TPSA) is 51.2 Å². The molecule has 3 aromatic rings. The van der Waals surface area contributed by atoms with E-state index in [4.69, 9.17) is 16.3 Å². The summed E-state index contributed by atoms with van der Waals surface area (Å²) >= 11 is 6.22. The van der Waals surface area contributed by atoms with Gasteiger partial charge in [-0.25, -0.2) is 0 Å². The number of aromatic nitrogens is 1. The summed E-state index contributed by atoms with van der Waals surface area (Å²) in [6.07, 6.45) is 3.42. The molecule has 0 saturated heterocycles. The molecule has 0 saturated carbocycles. The Balaban J connectivity index is 1.72. The average molecular weight is 367 g/mol. The van der Waals surface area contributed by atoms with Crippen LogP contribution in [0.1, 0.15) is 34.5 Å². The smallest absolute Gasteiger partial charge is 0.255 e. The Morgan fingerprint density at radius 2 is 1.77 bits per heavy atom. The first-order valence-electron chi connectivity index (χ1n) is 8.31. The number of nitrogens with one attached hydrogen (secondary N) is 1. The van der Waals surface area contributed by atoms with Gasteiger partial charge in [-0.1, -0.05) is 41.9 Å². The summed E-state index contributed by atoms with van der Waals surface area (Å²) in [7, 11) is 0. The van der Waals surface area contributed by atoms with Gasteiger partial charge in [0.2, 0.25) is 0 Å². The molecular formula is C21H19ClN2O2. The van der Waals surface area contributed by atoms with Crippen molar-refractivity contribution in [3.63, 3.8) is 0 Å². The van der Waals surface area contributed by atoms with Gasteiger partial charge >= 0.3 is 0 Å². The van der Waals surface area contributed by atoms with Crippen molar-refractivity contribution in [2.75, 3.05) is 0 Å². The van der Waals surface area contributed by atoms with E-state index in [1.54, 1.807) is 24.5 Å². The van der Waals surface area contributed by atoms with E-state index in [0.717, 1.165) is 11.1 Å². The first kappa shape index (κ1) is 18.0. The Bertz CT molecular complexity index is 884. The van der Waals surface area contributed by atoms with E-state index in [1.807, 2.05) is 55.5 Å². The Morgan fingerprint density at radius 1 is 1.08 bits per heavy atom. The molecule has 2 aromatic carbocycles. The zero-order chi connectivity index (χ0) is 18.4. The molecule has 132 valence electrons. The van der Waals surface area contributed by atoms with Crippen LogP contribution in [0.25, 0.3) is 0 Å². The number of benzene rings is 2. The number of nitrogens with zero attached hydrogens (tertiary/aromatic N) is 1. The van der Waals surface area contributed by atoms with Crippen molar-refractivity contribution in [2.45, 2.75) is 19.6 Å². The molecule has 0 radical (unpaired) electrons. The second-order valence-electron chi connectivity index (χ2n) is 5.86. The highest BCUT2D eigenvalue weighted by atomic mass is 35.5. The number of hydrogen-bond donors (Lipinski definition) is 1. The van der Waals surface area contributed by atoms with Gasteiger partial charge in [-0.05, 0) is 48.4 Å². The molecule has 0 fully saturated rings. The van der Waals surface area contributed by atoms with Crippen LogP contribution in [0.2, 0.25) is 5.02 Å². The first-order valence-corrected chi connectivity index (χ1v) is 8.69. The van der Waals surface area contributed by atoms with Gasteiger partial charge in [-0.3, -0.25) is 9.78 Å². The normalized spacial score (nSPS) is 11.6. The molecular weight excluding hydrogens is 348 g/mol. The summed E-state index contributed by atoms with van der Waals surface area (Å²) in [5.41, 5.74) is 2.35. The minimum atomic E-state index is -0.218. The van der Waals surface area contributed by atoms with Crippen molar-refractivity contribution in [1.82, 2.24) is 10.3 Å². The molecule has 1 N–H and O–H groups in total. The number of hydrogen-bond acceptors (Lipinski definition) is 3.